The van der Waals surface area contributed by atoms with Crippen molar-refractivity contribution in [2.45, 2.75) is 18.5 Å². The van der Waals surface area contributed by atoms with Gasteiger partial charge in [0.05, 0.1) is 27.1 Å². The molecule has 1 heterocycles. The van der Waals surface area contributed by atoms with Gasteiger partial charge in [0.2, 0.25) is 16.8 Å². The van der Waals surface area contributed by atoms with Crippen LogP contribution in [-0.2, 0) is 11.2 Å². The van der Waals surface area contributed by atoms with Gasteiger partial charge in [-0.05, 0) is 30.2 Å². The number of para-hydroxylation sites is 1. The van der Waals surface area contributed by atoms with E-state index in [-0.39, 0.29) is 11.7 Å². The standard InChI is InChI=1S/C21H25N5O4S/c1-5-13-8-6-7-9-15(13)23-18(27)12-31-21-25-24-20(26(21)22)14-10-16(28-2)19(30-4)17(11-14)29-3/h6-11H,5,12,22H2,1-4H3,(H,23,27). The van der Waals surface area contributed by atoms with Crippen molar-refractivity contribution in [1.29, 1.82) is 0 Å². The fourth-order valence-electron chi connectivity index (χ4n) is 3.05. The molecule has 3 aromatic rings. The van der Waals surface area contributed by atoms with Crippen molar-refractivity contribution in [3.8, 4) is 28.6 Å². The second kappa shape index (κ2) is 10.1. The second-order valence-corrected chi connectivity index (χ2v) is 7.38. The van der Waals surface area contributed by atoms with Gasteiger partial charge in [0.1, 0.15) is 0 Å². The summed E-state index contributed by atoms with van der Waals surface area (Å²) in [6.07, 6.45) is 0.832. The summed E-state index contributed by atoms with van der Waals surface area (Å²) < 4.78 is 17.4. The van der Waals surface area contributed by atoms with Gasteiger partial charge in [-0.1, -0.05) is 36.9 Å². The van der Waals surface area contributed by atoms with Gasteiger partial charge in [-0.25, -0.2) is 4.68 Å². The Morgan fingerprint density at radius 1 is 1.10 bits per heavy atom. The van der Waals surface area contributed by atoms with Crippen LogP contribution in [0.2, 0.25) is 0 Å². The van der Waals surface area contributed by atoms with Gasteiger partial charge in [0.15, 0.2) is 17.3 Å². The summed E-state index contributed by atoms with van der Waals surface area (Å²) in [7, 11) is 4.60. The first kappa shape index (κ1) is 22.3. The highest BCUT2D eigenvalue weighted by Crippen LogP contribution is 2.40. The van der Waals surface area contributed by atoms with Gasteiger partial charge >= 0.3 is 0 Å². The zero-order chi connectivity index (χ0) is 22.4. The highest BCUT2D eigenvalue weighted by Gasteiger charge is 2.19. The Kier molecular flexibility index (Phi) is 7.24. The highest BCUT2D eigenvalue weighted by atomic mass is 32.2. The van der Waals surface area contributed by atoms with Crippen LogP contribution in [0.5, 0.6) is 17.2 Å². The number of ether oxygens (including phenoxy) is 3. The van der Waals surface area contributed by atoms with Crippen molar-refractivity contribution in [3.63, 3.8) is 0 Å². The number of aromatic nitrogens is 3. The molecule has 31 heavy (non-hydrogen) atoms. The normalized spacial score (nSPS) is 10.6. The maximum atomic E-state index is 12.4. The molecule has 1 aromatic heterocycles. The van der Waals surface area contributed by atoms with Gasteiger partial charge in [0, 0.05) is 11.3 Å². The number of methoxy groups -OCH3 is 3. The Labute approximate surface area is 184 Å². The summed E-state index contributed by atoms with van der Waals surface area (Å²) in [5.74, 6) is 8.01. The molecule has 0 radical (unpaired) electrons. The van der Waals surface area contributed by atoms with Crippen molar-refractivity contribution in [2.24, 2.45) is 0 Å². The molecule has 2 aromatic carbocycles. The molecule has 0 fully saturated rings. The summed E-state index contributed by atoms with van der Waals surface area (Å²) in [6.45, 7) is 2.04. The lowest BCUT2D eigenvalue weighted by molar-refractivity contribution is -0.113. The maximum absolute atomic E-state index is 12.4. The first-order valence-electron chi connectivity index (χ1n) is 9.53. The Morgan fingerprint density at radius 2 is 1.77 bits per heavy atom. The zero-order valence-electron chi connectivity index (χ0n) is 17.8. The van der Waals surface area contributed by atoms with E-state index in [9.17, 15) is 4.79 Å². The van der Waals surface area contributed by atoms with Crippen molar-refractivity contribution in [1.82, 2.24) is 14.9 Å². The number of carbonyl (C=O) groups excluding carboxylic acids is 1. The molecule has 0 saturated carbocycles. The van der Waals surface area contributed by atoms with Crippen LogP contribution >= 0.6 is 11.8 Å². The molecule has 0 saturated heterocycles. The monoisotopic (exact) mass is 443 g/mol. The second-order valence-electron chi connectivity index (χ2n) is 6.44. The predicted molar refractivity (Wildman–Crippen MR) is 120 cm³/mol. The minimum Gasteiger partial charge on any atom is -0.493 e. The Morgan fingerprint density at radius 3 is 2.39 bits per heavy atom. The molecule has 0 unspecified atom stereocenters. The third-order valence-corrected chi connectivity index (χ3v) is 5.54. The van der Waals surface area contributed by atoms with E-state index in [0.29, 0.717) is 33.8 Å². The fourth-order valence-corrected chi connectivity index (χ4v) is 3.71. The highest BCUT2D eigenvalue weighted by molar-refractivity contribution is 7.99. The van der Waals surface area contributed by atoms with Gasteiger partial charge < -0.3 is 25.4 Å². The molecule has 0 atom stereocenters. The van der Waals surface area contributed by atoms with Gasteiger partial charge in [0.25, 0.3) is 0 Å². The number of aryl methyl sites for hydroxylation is 1. The predicted octanol–water partition coefficient (Wildman–Crippen LogP) is 2.98. The fraction of sp³-hybridized carbons (Fsp3) is 0.286. The molecule has 0 aliphatic carbocycles. The van der Waals surface area contributed by atoms with Crippen LogP contribution in [-0.4, -0.2) is 47.9 Å². The van der Waals surface area contributed by atoms with Gasteiger partial charge in [-0.2, -0.15) is 0 Å². The molecule has 164 valence electrons. The molecule has 0 bridgehead atoms. The lowest BCUT2D eigenvalue weighted by Crippen LogP contribution is -2.17. The van der Waals surface area contributed by atoms with Crippen LogP contribution in [0.3, 0.4) is 0 Å². The number of benzene rings is 2. The van der Waals surface area contributed by atoms with Crippen molar-refractivity contribution >= 4 is 23.4 Å². The number of nitrogen functional groups attached to an aromatic ring is 1. The molecule has 3 N–H and O–H groups in total. The molecule has 3 rings (SSSR count). The van der Waals surface area contributed by atoms with Crippen LogP contribution in [0.1, 0.15) is 12.5 Å². The van der Waals surface area contributed by atoms with E-state index in [1.54, 1.807) is 12.1 Å². The van der Waals surface area contributed by atoms with E-state index in [1.807, 2.05) is 31.2 Å². The number of carbonyl (C=O) groups is 1. The van der Waals surface area contributed by atoms with Crippen LogP contribution in [0, 0.1) is 0 Å². The first-order valence-corrected chi connectivity index (χ1v) is 10.5. The number of hydrogen-bond acceptors (Lipinski definition) is 8. The number of thioether (sulfide) groups is 1. The smallest absolute Gasteiger partial charge is 0.234 e. The zero-order valence-corrected chi connectivity index (χ0v) is 18.7. The van der Waals surface area contributed by atoms with Crippen LogP contribution < -0.4 is 25.4 Å². The van der Waals surface area contributed by atoms with E-state index >= 15 is 0 Å². The van der Waals surface area contributed by atoms with E-state index < -0.39 is 0 Å². The lowest BCUT2D eigenvalue weighted by Gasteiger charge is -2.13. The third-order valence-electron chi connectivity index (χ3n) is 4.59. The molecule has 0 aliphatic heterocycles. The molecule has 1 amide bonds. The maximum Gasteiger partial charge on any atom is 0.234 e. The molecule has 9 nitrogen and oxygen atoms in total. The molecule has 0 spiro atoms. The summed E-state index contributed by atoms with van der Waals surface area (Å²) in [4.78, 5) is 12.4. The number of hydrogen-bond donors (Lipinski definition) is 2. The van der Waals surface area contributed by atoms with E-state index in [1.165, 1.54) is 37.8 Å². The quantitative estimate of drug-likeness (QED) is 0.383. The molecular formula is C21H25N5O4S. The average molecular weight is 444 g/mol. The van der Waals surface area contributed by atoms with E-state index in [2.05, 4.69) is 15.5 Å². The Hall–Kier alpha value is -3.40. The van der Waals surface area contributed by atoms with Gasteiger partial charge in [-0.15, -0.1) is 10.2 Å². The van der Waals surface area contributed by atoms with Crippen LogP contribution in [0.4, 0.5) is 5.69 Å². The number of amides is 1. The van der Waals surface area contributed by atoms with Crippen LogP contribution in [0.15, 0.2) is 41.6 Å². The van der Waals surface area contributed by atoms with Crippen molar-refractivity contribution in [3.05, 3.63) is 42.0 Å². The van der Waals surface area contributed by atoms with E-state index in [0.717, 1.165) is 17.7 Å². The Balaban J connectivity index is 1.75. The number of anilines is 1. The van der Waals surface area contributed by atoms with E-state index in [4.69, 9.17) is 20.1 Å². The summed E-state index contributed by atoms with van der Waals surface area (Å²) in [5, 5.41) is 11.6. The summed E-state index contributed by atoms with van der Waals surface area (Å²) in [5.41, 5.74) is 2.52. The Bertz CT molecular complexity index is 1040. The number of rotatable bonds is 9. The van der Waals surface area contributed by atoms with Crippen molar-refractivity contribution in [2.75, 3.05) is 38.2 Å². The van der Waals surface area contributed by atoms with Crippen LogP contribution in [0.25, 0.3) is 11.4 Å². The molecule has 10 heteroatoms. The third kappa shape index (κ3) is 4.85. The minimum absolute atomic E-state index is 0.142. The van der Waals surface area contributed by atoms with Crippen molar-refractivity contribution < 1.29 is 19.0 Å². The molecule has 0 aliphatic rings. The van der Waals surface area contributed by atoms with Gasteiger partial charge in [-0.3, -0.25) is 4.79 Å². The minimum atomic E-state index is -0.150. The SMILES string of the molecule is CCc1ccccc1NC(=O)CSc1nnc(-c2cc(OC)c(OC)c(OC)c2)n1N. The molecular weight excluding hydrogens is 418 g/mol. The summed E-state index contributed by atoms with van der Waals surface area (Å²) >= 11 is 1.20. The number of nitrogens with one attached hydrogen (secondary N) is 1. The topological polar surface area (TPSA) is 114 Å². The average Bonchev–Trinajstić information content (AvgIpc) is 3.17. The summed E-state index contributed by atoms with van der Waals surface area (Å²) in [6, 6.07) is 11.2. The first-order chi connectivity index (χ1) is 15.0. The lowest BCUT2D eigenvalue weighted by atomic mass is 10.1. The largest absolute Gasteiger partial charge is 0.493 e. The number of nitrogens with zero attached hydrogens (tertiary/aromatic N) is 3. The number of nitrogens with two attached hydrogens (primary N) is 1.